The molecular weight excluding hydrogens is 362 g/mol. The highest BCUT2D eigenvalue weighted by atomic mass is 32.2. The first kappa shape index (κ1) is 18.5. The van der Waals surface area contributed by atoms with Crippen LogP contribution in [0.5, 0.6) is 0 Å². The van der Waals surface area contributed by atoms with Gasteiger partial charge in [-0.15, -0.1) is 0 Å². The Labute approximate surface area is 160 Å². The third-order valence-electron chi connectivity index (χ3n) is 5.84. The Hall–Kier alpha value is -1.86. The summed E-state index contributed by atoms with van der Waals surface area (Å²) in [6.45, 7) is 4.79. The molecule has 0 unspecified atom stereocenters. The van der Waals surface area contributed by atoms with Crippen molar-refractivity contribution in [3.63, 3.8) is 0 Å². The van der Waals surface area contributed by atoms with Crippen molar-refractivity contribution < 1.29 is 13.2 Å². The Morgan fingerprint density at radius 1 is 0.963 bits per heavy atom. The van der Waals surface area contributed by atoms with Crippen LogP contribution in [0.25, 0.3) is 10.9 Å². The van der Waals surface area contributed by atoms with Crippen molar-refractivity contribution in [2.75, 3.05) is 26.2 Å². The molecule has 2 aliphatic heterocycles. The Kier molecular flexibility index (Phi) is 4.99. The topological polar surface area (TPSA) is 62.6 Å². The third-order valence-corrected chi connectivity index (χ3v) is 7.73. The SMILES string of the molecule is C[C@@H](C(=O)N1CCCCC1)n1ccc2cc(S(=O)(=O)N3CCCC3)ccc21. The molecule has 2 aliphatic rings. The molecule has 1 aromatic carbocycles. The molecule has 0 spiro atoms. The number of benzene rings is 1. The van der Waals surface area contributed by atoms with Gasteiger partial charge in [0.25, 0.3) is 0 Å². The molecule has 146 valence electrons. The lowest BCUT2D eigenvalue weighted by Gasteiger charge is -2.30. The fourth-order valence-corrected chi connectivity index (χ4v) is 5.77. The number of likely N-dealkylation sites (tertiary alicyclic amines) is 1. The number of hydrogen-bond acceptors (Lipinski definition) is 3. The maximum absolute atomic E-state index is 12.8. The van der Waals surface area contributed by atoms with E-state index in [0.29, 0.717) is 18.0 Å². The van der Waals surface area contributed by atoms with Crippen LogP contribution < -0.4 is 0 Å². The van der Waals surface area contributed by atoms with Crippen molar-refractivity contribution in [2.24, 2.45) is 0 Å². The lowest BCUT2D eigenvalue weighted by atomic mass is 10.1. The predicted octanol–water partition coefficient (Wildman–Crippen LogP) is 3.00. The highest BCUT2D eigenvalue weighted by Gasteiger charge is 2.28. The molecule has 7 heteroatoms. The van der Waals surface area contributed by atoms with E-state index in [4.69, 9.17) is 0 Å². The Morgan fingerprint density at radius 3 is 2.33 bits per heavy atom. The van der Waals surface area contributed by atoms with E-state index < -0.39 is 10.0 Å². The maximum Gasteiger partial charge on any atom is 0.245 e. The number of hydrogen-bond donors (Lipinski definition) is 0. The van der Waals surface area contributed by atoms with E-state index in [1.165, 1.54) is 6.42 Å². The number of carbonyl (C=O) groups excluding carboxylic acids is 1. The van der Waals surface area contributed by atoms with Crippen molar-refractivity contribution in [1.29, 1.82) is 0 Å². The molecular formula is C20H27N3O3S. The molecule has 0 aliphatic carbocycles. The van der Waals surface area contributed by atoms with Crippen LogP contribution in [0.15, 0.2) is 35.4 Å². The fourth-order valence-electron chi connectivity index (χ4n) is 4.22. The lowest BCUT2D eigenvalue weighted by Crippen LogP contribution is -2.39. The Balaban J connectivity index is 1.61. The normalized spacial score (nSPS) is 20.3. The molecule has 1 aromatic heterocycles. The number of nitrogens with zero attached hydrogens (tertiary/aromatic N) is 3. The van der Waals surface area contributed by atoms with Gasteiger partial charge in [0, 0.05) is 43.3 Å². The van der Waals surface area contributed by atoms with Crippen molar-refractivity contribution in [2.45, 2.75) is 50.0 Å². The van der Waals surface area contributed by atoms with Crippen molar-refractivity contribution in [1.82, 2.24) is 13.8 Å². The van der Waals surface area contributed by atoms with E-state index in [1.807, 2.05) is 34.7 Å². The number of carbonyl (C=O) groups is 1. The molecule has 4 rings (SSSR count). The van der Waals surface area contributed by atoms with Crippen molar-refractivity contribution >= 4 is 26.8 Å². The summed E-state index contributed by atoms with van der Waals surface area (Å²) in [7, 11) is -3.43. The quantitative estimate of drug-likeness (QED) is 0.808. The van der Waals surface area contributed by atoms with Gasteiger partial charge in [-0.25, -0.2) is 8.42 Å². The second kappa shape index (κ2) is 7.28. The van der Waals surface area contributed by atoms with E-state index in [0.717, 1.165) is 49.7 Å². The van der Waals surface area contributed by atoms with Gasteiger partial charge in [-0.1, -0.05) is 0 Å². The summed E-state index contributed by atoms with van der Waals surface area (Å²) >= 11 is 0. The first-order valence-corrected chi connectivity index (χ1v) is 11.3. The molecule has 2 saturated heterocycles. The summed E-state index contributed by atoms with van der Waals surface area (Å²) in [6, 6.07) is 6.85. The number of aromatic nitrogens is 1. The maximum atomic E-state index is 12.8. The number of rotatable bonds is 4. The van der Waals surface area contributed by atoms with Crippen molar-refractivity contribution in [3.8, 4) is 0 Å². The fraction of sp³-hybridized carbons (Fsp3) is 0.550. The van der Waals surface area contributed by atoms with E-state index in [-0.39, 0.29) is 11.9 Å². The second-order valence-corrected chi connectivity index (χ2v) is 9.55. The van der Waals surface area contributed by atoms with Gasteiger partial charge in [-0.2, -0.15) is 4.31 Å². The van der Waals surface area contributed by atoms with Crippen LogP contribution in [0.1, 0.15) is 45.1 Å². The van der Waals surface area contributed by atoms with Crippen LogP contribution in [0.4, 0.5) is 0 Å². The number of amides is 1. The molecule has 0 N–H and O–H groups in total. The molecule has 1 atom stereocenters. The molecule has 2 aromatic rings. The molecule has 2 fully saturated rings. The van der Waals surface area contributed by atoms with E-state index in [2.05, 4.69) is 0 Å². The van der Waals surface area contributed by atoms with Crippen LogP contribution in [-0.4, -0.2) is 54.3 Å². The zero-order valence-electron chi connectivity index (χ0n) is 15.8. The van der Waals surface area contributed by atoms with Crippen molar-refractivity contribution in [3.05, 3.63) is 30.5 Å². The first-order valence-electron chi connectivity index (χ1n) is 9.88. The largest absolute Gasteiger partial charge is 0.341 e. The second-order valence-electron chi connectivity index (χ2n) is 7.62. The van der Waals surface area contributed by atoms with Gasteiger partial charge in [0.2, 0.25) is 15.9 Å². The van der Waals surface area contributed by atoms with E-state index in [1.54, 1.807) is 16.4 Å². The minimum absolute atomic E-state index is 0.140. The van der Waals surface area contributed by atoms with Crippen LogP contribution in [-0.2, 0) is 14.8 Å². The zero-order chi connectivity index (χ0) is 19.0. The van der Waals surface area contributed by atoms with Gasteiger partial charge in [-0.05, 0) is 63.3 Å². The molecule has 6 nitrogen and oxygen atoms in total. The Morgan fingerprint density at radius 2 is 1.63 bits per heavy atom. The molecule has 3 heterocycles. The van der Waals surface area contributed by atoms with Gasteiger partial charge in [0.1, 0.15) is 6.04 Å². The van der Waals surface area contributed by atoms with Gasteiger partial charge >= 0.3 is 0 Å². The number of fused-ring (bicyclic) bond motifs is 1. The van der Waals surface area contributed by atoms with Gasteiger partial charge in [0.05, 0.1) is 4.90 Å². The highest BCUT2D eigenvalue weighted by Crippen LogP contribution is 2.27. The summed E-state index contributed by atoms with van der Waals surface area (Å²) in [6.07, 6.45) is 7.08. The monoisotopic (exact) mass is 389 g/mol. The molecule has 27 heavy (non-hydrogen) atoms. The smallest absolute Gasteiger partial charge is 0.245 e. The van der Waals surface area contributed by atoms with Crippen LogP contribution in [0, 0.1) is 0 Å². The third kappa shape index (κ3) is 3.38. The standard InChI is InChI=1S/C20H27N3O3S/c1-16(20(24)21-10-3-2-4-11-21)23-14-9-17-15-18(7-8-19(17)23)27(25,26)22-12-5-6-13-22/h7-9,14-16H,2-6,10-13H2,1H3/t16-/m0/s1. The van der Waals surface area contributed by atoms with Crippen LogP contribution in [0.3, 0.4) is 0 Å². The van der Waals surface area contributed by atoms with Gasteiger partial charge in [0.15, 0.2) is 0 Å². The summed E-state index contributed by atoms with van der Waals surface area (Å²) < 4.78 is 29.1. The van der Waals surface area contributed by atoms with Gasteiger partial charge < -0.3 is 9.47 Å². The lowest BCUT2D eigenvalue weighted by molar-refractivity contribution is -0.135. The summed E-state index contributed by atoms with van der Waals surface area (Å²) in [5, 5.41) is 0.855. The molecule has 0 saturated carbocycles. The summed E-state index contributed by atoms with van der Waals surface area (Å²) in [4.78, 5) is 15.1. The summed E-state index contributed by atoms with van der Waals surface area (Å²) in [5.74, 6) is 0.140. The average molecular weight is 390 g/mol. The van der Waals surface area contributed by atoms with Crippen LogP contribution in [0.2, 0.25) is 0 Å². The highest BCUT2D eigenvalue weighted by molar-refractivity contribution is 7.89. The number of sulfonamides is 1. The average Bonchev–Trinajstić information content (AvgIpc) is 3.37. The van der Waals surface area contributed by atoms with Gasteiger partial charge in [-0.3, -0.25) is 4.79 Å². The summed E-state index contributed by atoms with van der Waals surface area (Å²) in [5.41, 5.74) is 0.897. The first-order chi connectivity index (χ1) is 13.0. The minimum Gasteiger partial charge on any atom is -0.341 e. The number of piperidine rings is 1. The Bertz CT molecular complexity index is 939. The molecule has 1 amide bonds. The predicted molar refractivity (Wildman–Crippen MR) is 105 cm³/mol. The minimum atomic E-state index is -3.43. The van der Waals surface area contributed by atoms with Crippen LogP contribution >= 0.6 is 0 Å². The molecule has 0 bridgehead atoms. The van der Waals surface area contributed by atoms with E-state index >= 15 is 0 Å². The zero-order valence-corrected chi connectivity index (χ0v) is 16.6. The van der Waals surface area contributed by atoms with E-state index in [9.17, 15) is 13.2 Å². The molecule has 0 radical (unpaired) electrons.